The van der Waals surface area contributed by atoms with Crippen LogP contribution in [0, 0.1) is 0 Å². The number of para-hydroxylation sites is 3. The summed E-state index contributed by atoms with van der Waals surface area (Å²) in [6.45, 7) is 7.80. The lowest BCUT2D eigenvalue weighted by Gasteiger charge is -2.18. The van der Waals surface area contributed by atoms with E-state index in [1.807, 2.05) is 47.4 Å². The average Bonchev–Trinajstić information content (AvgIpc) is 3.46. The molecule has 0 bridgehead atoms. The summed E-state index contributed by atoms with van der Waals surface area (Å²) in [5.41, 5.74) is 5.38. The van der Waals surface area contributed by atoms with Crippen molar-refractivity contribution in [3.05, 3.63) is 102 Å². The van der Waals surface area contributed by atoms with Gasteiger partial charge in [0.05, 0.1) is 17.6 Å². The van der Waals surface area contributed by atoms with E-state index in [9.17, 15) is 4.79 Å². The average molecular weight is 466 g/mol. The minimum absolute atomic E-state index is 0.0359. The molecule has 4 aromatic rings. The second kappa shape index (κ2) is 10.2. The van der Waals surface area contributed by atoms with Crippen LogP contribution < -0.4 is 9.64 Å². The Balaban J connectivity index is 1.38. The van der Waals surface area contributed by atoms with Gasteiger partial charge in [-0.05, 0) is 54.3 Å². The molecule has 0 spiro atoms. The molecular formula is C30H31N3O2. The molecule has 0 saturated carbocycles. The number of hydrogen-bond donors (Lipinski definition) is 0. The van der Waals surface area contributed by atoms with Gasteiger partial charge in [0, 0.05) is 24.6 Å². The van der Waals surface area contributed by atoms with E-state index in [-0.39, 0.29) is 11.8 Å². The lowest BCUT2D eigenvalue weighted by Crippen LogP contribution is -2.24. The van der Waals surface area contributed by atoms with Gasteiger partial charge >= 0.3 is 0 Å². The van der Waals surface area contributed by atoms with Gasteiger partial charge in [-0.1, -0.05) is 55.5 Å². The van der Waals surface area contributed by atoms with Gasteiger partial charge in [-0.2, -0.15) is 0 Å². The number of imidazole rings is 1. The molecule has 1 amide bonds. The second-order valence-corrected chi connectivity index (χ2v) is 8.98. The molecule has 35 heavy (non-hydrogen) atoms. The zero-order chi connectivity index (χ0) is 24.2. The van der Waals surface area contributed by atoms with Gasteiger partial charge in [0.15, 0.2) is 0 Å². The van der Waals surface area contributed by atoms with Crippen molar-refractivity contribution in [2.45, 2.75) is 38.6 Å². The van der Waals surface area contributed by atoms with E-state index in [0.29, 0.717) is 26.1 Å². The van der Waals surface area contributed by atoms with Gasteiger partial charge in [-0.15, -0.1) is 6.58 Å². The maximum atomic E-state index is 13.0. The fourth-order valence-corrected chi connectivity index (χ4v) is 4.90. The number of hydrogen-bond acceptors (Lipinski definition) is 3. The molecule has 5 rings (SSSR count). The third-order valence-electron chi connectivity index (χ3n) is 6.74. The highest BCUT2D eigenvalue weighted by Gasteiger charge is 2.34. The van der Waals surface area contributed by atoms with Gasteiger partial charge in [-0.25, -0.2) is 4.98 Å². The topological polar surface area (TPSA) is 47.4 Å². The number of fused-ring (bicyclic) bond motifs is 1. The fourth-order valence-electron chi connectivity index (χ4n) is 4.90. The highest BCUT2D eigenvalue weighted by molar-refractivity contribution is 5.96. The largest absolute Gasteiger partial charge is 0.491 e. The number of rotatable bonds is 9. The van der Waals surface area contributed by atoms with E-state index in [1.165, 1.54) is 5.56 Å². The van der Waals surface area contributed by atoms with Crippen LogP contribution in [0.3, 0.4) is 0 Å². The number of ether oxygens (including phenoxy) is 1. The first-order valence-electron chi connectivity index (χ1n) is 12.3. The first-order valence-corrected chi connectivity index (χ1v) is 12.3. The van der Waals surface area contributed by atoms with E-state index in [0.717, 1.165) is 46.7 Å². The summed E-state index contributed by atoms with van der Waals surface area (Å²) in [5.74, 6) is 2.02. The summed E-state index contributed by atoms with van der Waals surface area (Å²) >= 11 is 0. The summed E-state index contributed by atoms with van der Waals surface area (Å²) < 4.78 is 8.42. The van der Waals surface area contributed by atoms with Crippen LogP contribution in [0.4, 0.5) is 5.69 Å². The Morgan fingerprint density at radius 2 is 1.83 bits per heavy atom. The molecule has 0 aliphatic carbocycles. The first-order chi connectivity index (χ1) is 17.2. The molecule has 1 aliphatic rings. The molecule has 1 aliphatic heterocycles. The van der Waals surface area contributed by atoms with Crippen LogP contribution in [0.5, 0.6) is 5.75 Å². The number of carbonyl (C=O) groups excluding carboxylic acids is 1. The molecule has 1 aromatic heterocycles. The van der Waals surface area contributed by atoms with Gasteiger partial charge in [0.2, 0.25) is 5.91 Å². The Bertz CT molecular complexity index is 1340. The van der Waals surface area contributed by atoms with E-state index >= 15 is 0 Å². The number of allylic oxidation sites excluding steroid dienone is 1. The molecule has 1 unspecified atom stereocenters. The third kappa shape index (κ3) is 4.72. The molecule has 5 nitrogen and oxygen atoms in total. The summed E-state index contributed by atoms with van der Waals surface area (Å²) in [6.07, 6.45) is 4.11. The lowest BCUT2D eigenvalue weighted by atomic mass is 10.1. The Labute approximate surface area is 206 Å². The van der Waals surface area contributed by atoms with Crippen molar-refractivity contribution < 1.29 is 9.53 Å². The lowest BCUT2D eigenvalue weighted by molar-refractivity contribution is -0.117. The number of aromatic nitrogens is 2. The molecule has 5 heteroatoms. The number of nitrogens with zero attached hydrogens (tertiary/aromatic N) is 3. The van der Waals surface area contributed by atoms with Crippen molar-refractivity contribution in [2.24, 2.45) is 0 Å². The zero-order valence-corrected chi connectivity index (χ0v) is 20.2. The maximum absolute atomic E-state index is 13.0. The van der Waals surface area contributed by atoms with Gasteiger partial charge < -0.3 is 14.2 Å². The van der Waals surface area contributed by atoms with Crippen LogP contribution in [-0.4, -0.2) is 28.6 Å². The number of aryl methyl sites for hydroxylation is 1. The SMILES string of the molecule is C=CCc1ccccc1OCCn1c(C2CC(=O)N(c3ccc(CC)cc3)C2)nc2ccccc21. The molecule has 2 heterocycles. The summed E-state index contributed by atoms with van der Waals surface area (Å²) in [6, 6.07) is 24.6. The standard InChI is InChI=1S/C30H31N3O2/c1-3-9-23-10-5-8-13-28(23)35-19-18-32-27-12-7-6-11-26(27)31-30(32)24-20-29(34)33(21-24)25-16-14-22(4-2)15-17-25/h3,5-8,10-17,24H,1,4,9,18-21H2,2H3. The predicted molar refractivity (Wildman–Crippen MR) is 141 cm³/mol. The minimum atomic E-state index is 0.0359. The Kier molecular flexibility index (Phi) is 6.66. The van der Waals surface area contributed by atoms with E-state index in [1.54, 1.807) is 0 Å². The number of benzene rings is 3. The van der Waals surface area contributed by atoms with Gasteiger partial charge in [-0.3, -0.25) is 4.79 Å². The molecule has 1 saturated heterocycles. The molecule has 3 aromatic carbocycles. The van der Waals surface area contributed by atoms with Crippen molar-refractivity contribution in [1.82, 2.24) is 9.55 Å². The highest BCUT2D eigenvalue weighted by Crippen LogP contribution is 2.33. The molecule has 0 radical (unpaired) electrons. The maximum Gasteiger partial charge on any atom is 0.227 e. The summed E-state index contributed by atoms with van der Waals surface area (Å²) in [7, 11) is 0. The van der Waals surface area contributed by atoms with Crippen LogP contribution in [0.1, 0.15) is 36.2 Å². The van der Waals surface area contributed by atoms with Crippen LogP contribution in [0.25, 0.3) is 11.0 Å². The minimum Gasteiger partial charge on any atom is -0.491 e. The third-order valence-corrected chi connectivity index (χ3v) is 6.74. The monoisotopic (exact) mass is 465 g/mol. The van der Waals surface area contributed by atoms with Crippen molar-refractivity contribution in [2.75, 3.05) is 18.1 Å². The van der Waals surface area contributed by atoms with Crippen molar-refractivity contribution in [1.29, 1.82) is 0 Å². The molecule has 1 fully saturated rings. The van der Waals surface area contributed by atoms with Crippen LogP contribution in [0.2, 0.25) is 0 Å². The number of anilines is 1. The molecular weight excluding hydrogens is 434 g/mol. The van der Waals surface area contributed by atoms with Crippen LogP contribution in [0.15, 0.2) is 85.5 Å². The van der Waals surface area contributed by atoms with Crippen LogP contribution in [-0.2, 0) is 24.2 Å². The molecule has 178 valence electrons. The normalized spacial score (nSPS) is 15.6. The quantitative estimate of drug-likeness (QED) is 0.288. The van der Waals surface area contributed by atoms with Crippen molar-refractivity contribution in [3.63, 3.8) is 0 Å². The Morgan fingerprint density at radius 1 is 1.06 bits per heavy atom. The zero-order valence-electron chi connectivity index (χ0n) is 20.2. The van der Waals surface area contributed by atoms with E-state index < -0.39 is 0 Å². The fraction of sp³-hybridized carbons (Fsp3) is 0.267. The van der Waals surface area contributed by atoms with Gasteiger partial charge in [0.25, 0.3) is 0 Å². The van der Waals surface area contributed by atoms with Crippen LogP contribution >= 0.6 is 0 Å². The van der Waals surface area contributed by atoms with Crippen molar-refractivity contribution in [3.8, 4) is 5.75 Å². The Morgan fingerprint density at radius 3 is 2.63 bits per heavy atom. The molecule has 0 N–H and O–H groups in total. The Hall–Kier alpha value is -3.86. The number of amides is 1. The molecule has 1 atom stereocenters. The smallest absolute Gasteiger partial charge is 0.227 e. The van der Waals surface area contributed by atoms with Crippen molar-refractivity contribution >= 4 is 22.6 Å². The first kappa shape index (κ1) is 22.9. The highest BCUT2D eigenvalue weighted by atomic mass is 16.5. The summed E-state index contributed by atoms with van der Waals surface area (Å²) in [5, 5.41) is 0. The predicted octanol–water partition coefficient (Wildman–Crippen LogP) is 5.93. The van der Waals surface area contributed by atoms with E-state index in [4.69, 9.17) is 9.72 Å². The van der Waals surface area contributed by atoms with E-state index in [2.05, 4.69) is 54.5 Å². The van der Waals surface area contributed by atoms with Gasteiger partial charge in [0.1, 0.15) is 18.2 Å². The number of carbonyl (C=O) groups is 1. The second-order valence-electron chi connectivity index (χ2n) is 8.98. The summed E-state index contributed by atoms with van der Waals surface area (Å²) in [4.78, 5) is 19.9.